The van der Waals surface area contributed by atoms with E-state index in [1.165, 1.54) is 0 Å². The average molecular weight is 397 g/mol. The summed E-state index contributed by atoms with van der Waals surface area (Å²) in [6.45, 7) is -0.128. The van der Waals surface area contributed by atoms with E-state index in [1.54, 1.807) is 54.9 Å². The molecule has 0 fully saturated rings. The Morgan fingerprint density at radius 1 is 0.800 bits per heavy atom. The number of carbonyl (C=O) groups excluding carboxylic acids is 2. The summed E-state index contributed by atoms with van der Waals surface area (Å²) < 4.78 is 5.69. The van der Waals surface area contributed by atoms with Crippen LogP contribution in [0.25, 0.3) is 10.8 Å². The molecule has 148 valence electrons. The quantitative estimate of drug-likeness (QED) is 0.505. The highest BCUT2D eigenvalue weighted by Gasteiger charge is 2.11. The van der Waals surface area contributed by atoms with E-state index in [0.29, 0.717) is 22.7 Å². The number of ether oxygens (including phenoxy) is 1. The summed E-state index contributed by atoms with van der Waals surface area (Å²) in [6.07, 6.45) is 3.30. The maximum atomic E-state index is 12.5. The van der Waals surface area contributed by atoms with Gasteiger partial charge in [-0.1, -0.05) is 36.4 Å². The lowest BCUT2D eigenvalue weighted by Gasteiger charge is -2.10. The molecule has 0 spiro atoms. The Balaban J connectivity index is 1.33. The van der Waals surface area contributed by atoms with Crippen molar-refractivity contribution < 1.29 is 14.3 Å². The second-order valence-corrected chi connectivity index (χ2v) is 6.57. The van der Waals surface area contributed by atoms with E-state index in [4.69, 9.17) is 4.74 Å². The Morgan fingerprint density at radius 3 is 2.30 bits per heavy atom. The first-order chi connectivity index (χ1) is 14.7. The second-order valence-electron chi connectivity index (χ2n) is 6.57. The molecule has 0 unspecified atom stereocenters. The van der Waals surface area contributed by atoms with Gasteiger partial charge in [0.05, 0.1) is 6.54 Å². The van der Waals surface area contributed by atoms with E-state index >= 15 is 0 Å². The molecule has 0 atom stereocenters. The third kappa shape index (κ3) is 4.62. The second kappa shape index (κ2) is 8.87. The third-order valence-corrected chi connectivity index (χ3v) is 4.47. The van der Waals surface area contributed by atoms with Gasteiger partial charge in [0.2, 0.25) is 5.91 Å². The highest BCUT2D eigenvalue weighted by Crippen LogP contribution is 2.22. The molecule has 2 N–H and O–H groups in total. The van der Waals surface area contributed by atoms with Crippen molar-refractivity contribution in [3.05, 3.63) is 96.8 Å². The molecule has 0 aliphatic rings. The number of nitrogens with zero attached hydrogens (tertiary/aromatic N) is 1. The van der Waals surface area contributed by atoms with E-state index in [0.717, 1.165) is 10.8 Å². The Morgan fingerprint density at radius 2 is 1.50 bits per heavy atom. The van der Waals surface area contributed by atoms with Crippen molar-refractivity contribution in [3.63, 3.8) is 0 Å². The molecule has 0 aliphatic heterocycles. The molecular weight excluding hydrogens is 378 g/mol. The number of hydrogen-bond donors (Lipinski definition) is 2. The van der Waals surface area contributed by atoms with Crippen molar-refractivity contribution in [1.82, 2.24) is 10.3 Å². The van der Waals surface area contributed by atoms with Gasteiger partial charge >= 0.3 is 0 Å². The summed E-state index contributed by atoms with van der Waals surface area (Å²) in [5, 5.41) is 7.26. The van der Waals surface area contributed by atoms with Crippen LogP contribution in [0.5, 0.6) is 11.5 Å². The van der Waals surface area contributed by atoms with Crippen molar-refractivity contribution in [2.45, 2.75) is 0 Å². The first kappa shape index (κ1) is 19.1. The van der Waals surface area contributed by atoms with Crippen molar-refractivity contribution >= 4 is 28.3 Å². The van der Waals surface area contributed by atoms with Gasteiger partial charge in [0, 0.05) is 23.6 Å². The van der Waals surface area contributed by atoms with Crippen LogP contribution in [-0.4, -0.2) is 23.3 Å². The first-order valence-corrected chi connectivity index (χ1v) is 9.43. The van der Waals surface area contributed by atoms with Crippen LogP contribution in [0.2, 0.25) is 0 Å². The highest BCUT2D eigenvalue weighted by molar-refractivity contribution is 6.08. The van der Waals surface area contributed by atoms with Crippen molar-refractivity contribution in [2.75, 3.05) is 11.9 Å². The lowest BCUT2D eigenvalue weighted by Crippen LogP contribution is -2.32. The lowest BCUT2D eigenvalue weighted by molar-refractivity contribution is -0.115. The predicted molar refractivity (Wildman–Crippen MR) is 116 cm³/mol. The van der Waals surface area contributed by atoms with Crippen LogP contribution < -0.4 is 15.4 Å². The minimum absolute atomic E-state index is 0.128. The Kier molecular flexibility index (Phi) is 5.66. The number of aromatic nitrogens is 1. The molecule has 4 rings (SSSR count). The van der Waals surface area contributed by atoms with Gasteiger partial charge < -0.3 is 15.4 Å². The summed E-state index contributed by atoms with van der Waals surface area (Å²) in [5.41, 5.74) is 1.15. The average Bonchev–Trinajstić information content (AvgIpc) is 2.79. The van der Waals surface area contributed by atoms with Crippen molar-refractivity contribution in [3.8, 4) is 11.5 Å². The molecule has 6 nitrogen and oxygen atoms in total. The van der Waals surface area contributed by atoms with Gasteiger partial charge in [0.1, 0.15) is 11.5 Å². The zero-order valence-corrected chi connectivity index (χ0v) is 16.0. The number of nitrogens with one attached hydrogen (secondary N) is 2. The first-order valence-electron chi connectivity index (χ1n) is 9.43. The van der Waals surface area contributed by atoms with Gasteiger partial charge in [-0.25, -0.2) is 0 Å². The van der Waals surface area contributed by atoms with E-state index in [9.17, 15) is 9.59 Å². The molecule has 0 radical (unpaired) electrons. The minimum Gasteiger partial charge on any atom is -0.457 e. The number of anilines is 1. The fourth-order valence-corrected chi connectivity index (χ4v) is 3.03. The van der Waals surface area contributed by atoms with Gasteiger partial charge in [-0.15, -0.1) is 0 Å². The molecule has 1 aromatic heterocycles. The van der Waals surface area contributed by atoms with Gasteiger partial charge in [-0.05, 0) is 53.2 Å². The summed E-state index contributed by atoms with van der Waals surface area (Å²) in [4.78, 5) is 28.7. The molecule has 4 aromatic rings. The normalized spacial score (nSPS) is 10.4. The topological polar surface area (TPSA) is 80.3 Å². The third-order valence-electron chi connectivity index (χ3n) is 4.47. The smallest absolute Gasteiger partial charge is 0.252 e. The molecule has 0 aliphatic carbocycles. The number of rotatable bonds is 6. The number of hydrogen-bond acceptors (Lipinski definition) is 4. The molecule has 2 amide bonds. The maximum absolute atomic E-state index is 12.5. The molecular formula is C24H19N3O3. The van der Waals surface area contributed by atoms with Crippen LogP contribution in [0.1, 0.15) is 10.4 Å². The lowest BCUT2D eigenvalue weighted by atomic mass is 10.0. The number of benzene rings is 3. The van der Waals surface area contributed by atoms with Crippen LogP contribution in [0.4, 0.5) is 5.69 Å². The predicted octanol–water partition coefficient (Wildman–Crippen LogP) is 4.40. The number of amides is 2. The van der Waals surface area contributed by atoms with E-state index in [2.05, 4.69) is 15.6 Å². The Bertz CT molecular complexity index is 1170. The van der Waals surface area contributed by atoms with Crippen LogP contribution >= 0.6 is 0 Å². The molecule has 1 heterocycles. The zero-order valence-electron chi connectivity index (χ0n) is 16.0. The van der Waals surface area contributed by atoms with Gasteiger partial charge in [-0.3, -0.25) is 14.6 Å². The summed E-state index contributed by atoms with van der Waals surface area (Å²) in [6, 6.07) is 23.7. The monoisotopic (exact) mass is 397 g/mol. The largest absolute Gasteiger partial charge is 0.457 e. The zero-order chi connectivity index (χ0) is 20.8. The Hall–Kier alpha value is -4.19. The molecule has 0 bridgehead atoms. The van der Waals surface area contributed by atoms with E-state index in [1.807, 2.05) is 36.4 Å². The van der Waals surface area contributed by atoms with Crippen LogP contribution in [0.3, 0.4) is 0 Å². The van der Waals surface area contributed by atoms with E-state index < -0.39 is 0 Å². The highest BCUT2D eigenvalue weighted by atomic mass is 16.5. The SMILES string of the molecule is O=C(CNC(=O)c1cccc2ccccc12)Nc1ccc(Oc2ccncc2)cc1. The molecule has 0 saturated heterocycles. The summed E-state index contributed by atoms with van der Waals surface area (Å²) in [5.74, 6) is 0.718. The number of pyridine rings is 1. The van der Waals surface area contributed by atoms with Gasteiger partial charge in [-0.2, -0.15) is 0 Å². The number of carbonyl (C=O) groups is 2. The van der Waals surface area contributed by atoms with Crippen LogP contribution in [0.15, 0.2) is 91.3 Å². The fraction of sp³-hybridized carbons (Fsp3) is 0.0417. The summed E-state index contributed by atoms with van der Waals surface area (Å²) >= 11 is 0. The Labute approximate surface area is 173 Å². The van der Waals surface area contributed by atoms with Crippen molar-refractivity contribution in [1.29, 1.82) is 0 Å². The molecule has 0 saturated carbocycles. The maximum Gasteiger partial charge on any atom is 0.252 e. The van der Waals surface area contributed by atoms with E-state index in [-0.39, 0.29) is 18.4 Å². The van der Waals surface area contributed by atoms with Crippen LogP contribution in [0, 0.1) is 0 Å². The fourth-order valence-electron chi connectivity index (χ4n) is 3.03. The molecule has 6 heteroatoms. The van der Waals surface area contributed by atoms with Crippen molar-refractivity contribution in [2.24, 2.45) is 0 Å². The molecule has 30 heavy (non-hydrogen) atoms. The minimum atomic E-state index is -0.314. The van der Waals surface area contributed by atoms with Gasteiger partial charge in [0.15, 0.2) is 0 Å². The van der Waals surface area contributed by atoms with Crippen LogP contribution in [-0.2, 0) is 4.79 Å². The van der Waals surface area contributed by atoms with Gasteiger partial charge in [0.25, 0.3) is 5.91 Å². The number of fused-ring (bicyclic) bond motifs is 1. The summed E-state index contributed by atoms with van der Waals surface area (Å²) in [7, 11) is 0. The molecule has 3 aromatic carbocycles. The standard InChI is InChI=1S/C24H19N3O3/c28-23(16-26-24(29)22-7-3-5-17-4-1-2-6-21(17)22)27-18-8-10-19(11-9-18)30-20-12-14-25-15-13-20/h1-15H,16H2,(H,26,29)(H,27,28).